The first-order valence-corrected chi connectivity index (χ1v) is 7.76. The highest BCUT2D eigenvalue weighted by molar-refractivity contribution is 7.99. The van der Waals surface area contributed by atoms with E-state index in [1.54, 1.807) is 30.6 Å². The second-order valence-corrected chi connectivity index (χ2v) is 5.62. The van der Waals surface area contributed by atoms with Crippen molar-refractivity contribution in [2.75, 3.05) is 17.9 Å². The fourth-order valence-electron chi connectivity index (χ4n) is 2.01. The average Bonchev–Trinajstić information content (AvgIpc) is 3.00. The van der Waals surface area contributed by atoms with Gasteiger partial charge in [-0.1, -0.05) is 11.8 Å². The number of fused-ring (bicyclic) bond motifs is 1. The number of hydrogen-bond acceptors (Lipinski definition) is 7. The molecular weight excluding hydrogens is 318 g/mol. The number of benzene rings is 1. The zero-order valence-electron chi connectivity index (χ0n) is 12.2. The lowest BCUT2D eigenvalue weighted by molar-refractivity contribution is -0.113. The van der Waals surface area contributed by atoms with Gasteiger partial charge in [0.15, 0.2) is 22.4 Å². The van der Waals surface area contributed by atoms with E-state index in [9.17, 15) is 9.59 Å². The van der Waals surface area contributed by atoms with Crippen molar-refractivity contribution in [3.05, 3.63) is 36.2 Å². The molecule has 23 heavy (non-hydrogen) atoms. The third kappa shape index (κ3) is 3.59. The monoisotopic (exact) mass is 331 g/mol. The minimum Gasteiger partial charge on any atom is -0.454 e. The molecule has 0 bridgehead atoms. The molecule has 0 fully saturated rings. The second kappa shape index (κ2) is 6.66. The molecule has 0 atom stereocenters. The number of nitrogens with one attached hydrogen (secondary N) is 1. The number of rotatable bonds is 5. The summed E-state index contributed by atoms with van der Waals surface area (Å²) < 4.78 is 10.5. The molecule has 2 aromatic rings. The van der Waals surface area contributed by atoms with Gasteiger partial charge in [-0.3, -0.25) is 9.59 Å². The quantitative estimate of drug-likeness (QED) is 0.510. The number of nitrogens with zero attached hydrogens (tertiary/aromatic N) is 2. The molecule has 1 aliphatic heterocycles. The standard InChI is InChI=1S/C15H13N3O4S/c1-9(19)10-5-12-13(22-8-21-12)6-11(10)18-14(20)7-23-15-16-3-2-4-17-15/h2-6H,7-8H2,1H3,(H,18,20). The number of ether oxygens (including phenoxy) is 2. The van der Waals surface area contributed by atoms with Crippen LogP contribution in [-0.2, 0) is 4.79 Å². The van der Waals surface area contributed by atoms with E-state index in [0.717, 1.165) is 0 Å². The number of hydrogen-bond donors (Lipinski definition) is 1. The third-order valence-corrected chi connectivity index (χ3v) is 3.92. The number of Topliss-reactive ketones (excluding diaryl/α,β-unsaturated/α-hetero) is 1. The van der Waals surface area contributed by atoms with Crippen molar-refractivity contribution in [3.8, 4) is 11.5 Å². The van der Waals surface area contributed by atoms with E-state index < -0.39 is 0 Å². The normalized spacial score (nSPS) is 12.0. The Bertz CT molecular complexity index is 752. The number of anilines is 1. The number of carbonyl (C=O) groups is 2. The Kier molecular flexibility index (Phi) is 4.42. The molecule has 1 aliphatic rings. The van der Waals surface area contributed by atoms with Gasteiger partial charge in [0.25, 0.3) is 0 Å². The summed E-state index contributed by atoms with van der Waals surface area (Å²) in [5.41, 5.74) is 0.782. The van der Waals surface area contributed by atoms with Crippen molar-refractivity contribution in [2.45, 2.75) is 12.1 Å². The van der Waals surface area contributed by atoms with Gasteiger partial charge in [-0.05, 0) is 19.1 Å². The van der Waals surface area contributed by atoms with Gasteiger partial charge in [0.2, 0.25) is 12.7 Å². The number of carbonyl (C=O) groups excluding carboxylic acids is 2. The molecule has 0 saturated carbocycles. The van der Waals surface area contributed by atoms with E-state index in [2.05, 4.69) is 15.3 Å². The van der Waals surface area contributed by atoms with Gasteiger partial charge in [-0.2, -0.15) is 0 Å². The van der Waals surface area contributed by atoms with Crippen molar-refractivity contribution in [1.82, 2.24) is 9.97 Å². The molecule has 0 saturated heterocycles. The summed E-state index contributed by atoms with van der Waals surface area (Å²) in [5, 5.41) is 3.23. The van der Waals surface area contributed by atoms with Crippen LogP contribution in [0, 0.1) is 0 Å². The van der Waals surface area contributed by atoms with Crippen LogP contribution in [0.5, 0.6) is 11.5 Å². The van der Waals surface area contributed by atoms with Gasteiger partial charge >= 0.3 is 0 Å². The summed E-state index contributed by atoms with van der Waals surface area (Å²) in [6.07, 6.45) is 3.22. The van der Waals surface area contributed by atoms with Crippen molar-refractivity contribution in [3.63, 3.8) is 0 Å². The zero-order valence-corrected chi connectivity index (χ0v) is 13.1. The van der Waals surface area contributed by atoms with Gasteiger partial charge in [-0.25, -0.2) is 9.97 Å². The minimum atomic E-state index is -0.260. The molecule has 3 rings (SSSR count). The Morgan fingerprint density at radius 3 is 2.61 bits per heavy atom. The fraction of sp³-hybridized carbons (Fsp3) is 0.200. The number of ketones is 1. The van der Waals surface area contributed by atoms with Crippen LogP contribution in [-0.4, -0.2) is 34.2 Å². The van der Waals surface area contributed by atoms with E-state index in [1.165, 1.54) is 18.7 Å². The summed E-state index contributed by atoms with van der Waals surface area (Å²) in [6, 6.07) is 4.88. The van der Waals surface area contributed by atoms with Crippen molar-refractivity contribution < 1.29 is 19.1 Å². The van der Waals surface area contributed by atoms with Gasteiger partial charge in [0.05, 0.1) is 11.4 Å². The van der Waals surface area contributed by atoms with Crippen molar-refractivity contribution in [1.29, 1.82) is 0 Å². The topological polar surface area (TPSA) is 90.4 Å². The predicted octanol–water partition coefficient (Wildman–Crippen LogP) is 2.14. The minimum absolute atomic E-state index is 0.102. The molecule has 0 radical (unpaired) electrons. The van der Waals surface area contributed by atoms with Crippen molar-refractivity contribution in [2.24, 2.45) is 0 Å². The molecule has 0 spiro atoms. The molecule has 1 N–H and O–H groups in total. The average molecular weight is 331 g/mol. The molecule has 1 amide bonds. The molecule has 118 valence electrons. The van der Waals surface area contributed by atoms with Gasteiger partial charge in [-0.15, -0.1) is 0 Å². The van der Waals surface area contributed by atoms with Crippen LogP contribution in [0.4, 0.5) is 5.69 Å². The van der Waals surface area contributed by atoms with Crippen LogP contribution in [0.15, 0.2) is 35.7 Å². The lowest BCUT2D eigenvalue weighted by Gasteiger charge is -2.10. The summed E-state index contributed by atoms with van der Waals surface area (Å²) >= 11 is 1.21. The molecule has 0 unspecified atom stereocenters. The van der Waals surface area contributed by atoms with E-state index in [0.29, 0.717) is 27.9 Å². The lowest BCUT2D eigenvalue weighted by Crippen LogP contribution is -2.16. The van der Waals surface area contributed by atoms with E-state index >= 15 is 0 Å². The van der Waals surface area contributed by atoms with E-state index in [4.69, 9.17) is 9.47 Å². The molecule has 1 aromatic heterocycles. The molecule has 8 heteroatoms. The maximum atomic E-state index is 12.1. The third-order valence-electron chi connectivity index (χ3n) is 3.04. The summed E-state index contributed by atoms with van der Waals surface area (Å²) in [4.78, 5) is 31.9. The Balaban J connectivity index is 1.71. The highest BCUT2D eigenvalue weighted by atomic mass is 32.2. The Morgan fingerprint density at radius 2 is 1.91 bits per heavy atom. The largest absolute Gasteiger partial charge is 0.454 e. The smallest absolute Gasteiger partial charge is 0.234 e. The first-order valence-electron chi connectivity index (χ1n) is 6.78. The molecule has 2 heterocycles. The number of aromatic nitrogens is 2. The van der Waals surface area contributed by atoms with Gasteiger partial charge in [0, 0.05) is 24.0 Å². The Labute approximate surface area is 136 Å². The van der Waals surface area contributed by atoms with Crippen LogP contribution in [0.25, 0.3) is 0 Å². The van der Waals surface area contributed by atoms with E-state index in [1.807, 2.05) is 0 Å². The maximum Gasteiger partial charge on any atom is 0.234 e. The van der Waals surface area contributed by atoms with Gasteiger partial charge in [0.1, 0.15) is 0 Å². The second-order valence-electron chi connectivity index (χ2n) is 4.68. The van der Waals surface area contributed by atoms with Crippen LogP contribution >= 0.6 is 11.8 Å². The maximum absolute atomic E-state index is 12.1. The first kappa shape index (κ1) is 15.3. The molecular formula is C15H13N3O4S. The summed E-state index contributed by atoms with van der Waals surface area (Å²) in [6.45, 7) is 1.53. The molecule has 1 aromatic carbocycles. The van der Waals surface area contributed by atoms with Crippen LogP contribution in [0.3, 0.4) is 0 Å². The Hall–Kier alpha value is -2.61. The highest BCUT2D eigenvalue weighted by Crippen LogP contribution is 2.37. The lowest BCUT2D eigenvalue weighted by atomic mass is 10.1. The Morgan fingerprint density at radius 1 is 1.22 bits per heavy atom. The van der Waals surface area contributed by atoms with Crippen LogP contribution in [0.1, 0.15) is 17.3 Å². The predicted molar refractivity (Wildman–Crippen MR) is 84.0 cm³/mol. The molecule has 7 nitrogen and oxygen atoms in total. The summed E-state index contributed by atoms with van der Waals surface area (Å²) in [5.74, 6) is 0.710. The van der Waals surface area contributed by atoms with Crippen molar-refractivity contribution >= 4 is 29.1 Å². The van der Waals surface area contributed by atoms with E-state index in [-0.39, 0.29) is 24.2 Å². The number of thioether (sulfide) groups is 1. The SMILES string of the molecule is CC(=O)c1cc2c(cc1NC(=O)CSc1ncccn1)OCO2. The fourth-order valence-corrected chi connectivity index (χ4v) is 2.62. The molecule has 0 aliphatic carbocycles. The number of amides is 1. The highest BCUT2D eigenvalue weighted by Gasteiger charge is 2.20. The zero-order chi connectivity index (χ0) is 16.2. The van der Waals surface area contributed by atoms with Crippen LogP contribution < -0.4 is 14.8 Å². The summed E-state index contributed by atoms with van der Waals surface area (Å²) in [7, 11) is 0. The van der Waals surface area contributed by atoms with Crippen LogP contribution in [0.2, 0.25) is 0 Å². The first-order chi connectivity index (χ1) is 11.1. The van der Waals surface area contributed by atoms with Gasteiger partial charge < -0.3 is 14.8 Å².